The van der Waals surface area contributed by atoms with Crippen LogP contribution in [0.2, 0.25) is 0 Å². The van der Waals surface area contributed by atoms with E-state index < -0.39 is 0 Å². The van der Waals surface area contributed by atoms with Crippen LogP contribution >= 0.6 is 0 Å². The van der Waals surface area contributed by atoms with Gasteiger partial charge in [-0.3, -0.25) is 0 Å². The van der Waals surface area contributed by atoms with Crippen LogP contribution in [0.5, 0.6) is 5.75 Å². The van der Waals surface area contributed by atoms with Gasteiger partial charge in [0.2, 0.25) is 5.69 Å². The van der Waals surface area contributed by atoms with E-state index in [2.05, 4.69) is 22.4 Å². The number of rotatable bonds is 6. The van der Waals surface area contributed by atoms with E-state index in [1.807, 2.05) is 30.3 Å². The van der Waals surface area contributed by atoms with Crippen molar-refractivity contribution in [2.24, 2.45) is 5.10 Å². The quantitative estimate of drug-likeness (QED) is 0.644. The largest absolute Gasteiger partial charge is 0.494 e. The van der Waals surface area contributed by atoms with Crippen LogP contribution < -0.4 is 10.2 Å². The molecule has 0 aliphatic carbocycles. The van der Waals surface area contributed by atoms with Crippen LogP contribution in [0.3, 0.4) is 0 Å². The van der Waals surface area contributed by atoms with Gasteiger partial charge in [0, 0.05) is 0 Å². The van der Waals surface area contributed by atoms with Crippen LogP contribution in [0.25, 0.3) is 0 Å². The Morgan fingerprint density at radius 2 is 2.25 bits per heavy atom. The molecule has 1 heterocycles. The Morgan fingerprint density at radius 1 is 1.45 bits per heavy atom. The van der Waals surface area contributed by atoms with Gasteiger partial charge in [0.1, 0.15) is 11.8 Å². The van der Waals surface area contributed by atoms with Crippen LogP contribution in [0, 0.1) is 11.3 Å². The second-order valence-corrected chi connectivity index (χ2v) is 3.93. The highest BCUT2D eigenvalue weighted by atomic mass is 16.5. The van der Waals surface area contributed by atoms with Crippen molar-refractivity contribution in [2.45, 2.75) is 13.3 Å². The molecule has 0 aliphatic rings. The van der Waals surface area contributed by atoms with Crippen molar-refractivity contribution in [1.29, 1.82) is 5.26 Å². The summed E-state index contributed by atoms with van der Waals surface area (Å²) in [5.41, 5.74) is 3.70. The van der Waals surface area contributed by atoms with Crippen molar-refractivity contribution < 1.29 is 9.15 Å². The molecule has 6 nitrogen and oxygen atoms in total. The van der Waals surface area contributed by atoms with Crippen LogP contribution in [-0.2, 0) is 0 Å². The standard InChI is InChI=1S/C14H14N4O2/c1-2-7-19-12-5-3-11(4-6-12)9-17-18-14-13(8-15)16-10-20-14/h3-6,9-10,18H,2,7H2,1H3/b17-9-. The Morgan fingerprint density at radius 3 is 2.95 bits per heavy atom. The molecule has 0 spiro atoms. The summed E-state index contributed by atoms with van der Waals surface area (Å²) >= 11 is 0. The highest BCUT2D eigenvalue weighted by Gasteiger charge is 2.04. The lowest BCUT2D eigenvalue weighted by Gasteiger charge is -2.03. The maximum atomic E-state index is 8.75. The van der Waals surface area contributed by atoms with E-state index in [0.717, 1.165) is 17.7 Å². The molecule has 2 aromatic rings. The molecule has 0 amide bonds. The van der Waals surface area contributed by atoms with E-state index >= 15 is 0 Å². The smallest absolute Gasteiger partial charge is 0.251 e. The summed E-state index contributed by atoms with van der Waals surface area (Å²) in [7, 11) is 0. The number of hydrogen-bond donors (Lipinski definition) is 1. The highest BCUT2D eigenvalue weighted by molar-refractivity contribution is 5.80. The molecule has 0 aliphatic heterocycles. The van der Waals surface area contributed by atoms with Gasteiger partial charge in [0.05, 0.1) is 12.8 Å². The van der Waals surface area contributed by atoms with E-state index in [1.54, 1.807) is 6.21 Å². The molecule has 0 atom stereocenters. The molecule has 0 radical (unpaired) electrons. The third-order valence-electron chi connectivity index (χ3n) is 2.41. The summed E-state index contributed by atoms with van der Waals surface area (Å²) in [6, 6.07) is 9.44. The van der Waals surface area contributed by atoms with E-state index in [9.17, 15) is 0 Å². The van der Waals surface area contributed by atoms with Gasteiger partial charge >= 0.3 is 0 Å². The van der Waals surface area contributed by atoms with Gasteiger partial charge in [-0.1, -0.05) is 6.92 Å². The number of oxazole rings is 1. The lowest BCUT2D eigenvalue weighted by molar-refractivity contribution is 0.317. The molecule has 1 N–H and O–H groups in total. The zero-order valence-electron chi connectivity index (χ0n) is 11.0. The van der Waals surface area contributed by atoms with Crippen molar-refractivity contribution in [3.63, 3.8) is 0 Å². The van der Waals surface area contributed by atoms with Crippen LogP contribution in [0.1, 0.15) is 24.6 Å². The summed E-state index contributed by atoms with van der Waals surface area (Å²) in [5.74, 6) is 1.06. The molecule has 1 aromatic heterocycles. The predicted molar refractivity (Wildman–Crippen MR) is 74.7 cm³/mol. The minimum Gasteiger partial charge on any atom is -0.494 e. The Balaban J connectivity index is 1.93. The highest BCUT2D eigenvalue weighted by Crippen LogP contribution is 2.13. The van der Waals surface area contributed by atoms with E-state index in [4.69, 9.17) is 14.4 Å². The summed E-state index contributed by atoms with van der Waals surface area (Å²) in [6.45, 7) is 2.77. The number of hydrogen-bond acceptors (Lipinski definition) is 6. The first-order valence-electron chi connectivity index (χ1n) is 6.19. The number of aromatic nitrogens is 1. The molecule has 102 valence electrons. The topological polar surface area (TPSA) is 83.4 Å². The van der Waals surface area contributed by atoms with Crippen molar-refractivity contribution in [1.82, 2.24) is 4.98 Å². The monoisotopic (exact) mass is 270 g/mol. The third kappa shape index (κ3) is 3.59. The van der Waals surface area contributed by atoms with Crippen molar-refractivity contribution in [3.05, 3.63) is 41.9 Å². The fraction of sp³-hybridized carbons (Fsp3) is 0.214. The fourth-order valence-electron chi connectivity index (χ4n) is 1.44. The fourth-order valence-corrected chi connectivity index (χ4v) is 1.44. The molecule has 0 unspecified atom stereocenters. The SMILES string of the molecule is CCCOc1ccc(/C=N\Nc2ocnc2C#N)cc1. The zero-order chi connectivity index (χ0) is 14.2. The lowest BCUT2D eigenvalue weighted by Crippen LogP contribution is -1.95. The zero-order valence-corrected chi connectivity index (χ0v) is 11.0. The molecule has 0 fully saturated rings. The van der Waals surface area contributed by atoms with Gasteiger partial charge in [0.15, 0.2) is 6.39 Å². The summed E-state index contributed by atoms with van der Waals surface area (Å²) in [4.78, 5) is 3.72. The molecule has 1 aromatic carbocycles. The first-order chi connectivity index (χ1) is 9.83. The minimum atomic E-state index is 0.172. The maximum Gasteiger partial charge on any atom is 0.251 e. The third-order valence-corrected chi connectivity index (χ3v) is 2.41. The van der Waals surface area contributed by atoms with Crippen LogP contribution in [0.4, 0.5) is 5.88 Å². The molecule has 20 heavy (non-hydrogen) atoms. The molecule has 6 heteroatoms. The summed E-state index contributed by atoms with van der Waals surface area (Å²) < 4.78 is 10.5. The van der Waals surface area contributed by atoms with E-state index in [-0.39, 0.29) is 11.6 Å². The van der Waals surface area contributed by atoms with E-state index in [0.29, 0.717) is 6.61 Å². The Labute approximate surface area is 116 Å². The van der Waals surface area contributed by atoms with Crippen molar-refractivity contribution in [3.8, 4) is 11.8 Å². The number of anilines is 1. The maximum absolute atomic E-state index is 8.75. The number of benzene rings is 1. The number of ether oxygens (including phenoxy) is 1. The van der Waals surface area contributed by atoms with Crippen LogP contribution in [0.15, 0.2) is 40.2 Å². The second kappa shape index (κ2) is 6.95. The number of nitrogens with one attached hydrogen (secondary N) is 1. The number of nitriles is 1. The van der Waals surface area contributed by atoms with Gasteiger partial charge in [-0.15, -0.1) is 0 Å². The van der Waals surface area contributed by atoms with Crippen molar-refractivity contribution in [2.75, 3.05) is 12.0 Å². The summed E-state index contributed by atoms with van der Waals surface area (Å²) in [6.07, 6.45) is 3.79. The molecule has 2 rings (SSSR count). The predicted octanol–water partition coefficient (Wildman–Crippen LogP) is 2.78. The average Bonchev–Trinajstić information content (AvgIpc) is 2.94. The number of hydrazone groups is 1. The normalized spacial score (nSPS) is 10.4. The Hall–Kier alpha value is -2.81. The Kier molecular flexibility index (Phi) is 4.73. The van der Waals surface area contributed by atoms with Crippen molar-refractivity contribution >= 4 is 12.1 Å². The van der Waals surface area contributed by atoms with Gasteiger partial charge < -0.3 is 9.15 Å². The van der Waals surface area contributed by atoms with Gasteiger partial charge in [-0.05, 0) is 36.2 Å². The van der Waals surface area contributed by atoms with Gasteiger partial charge in [0.25, 0.3) is 5.88 Å². The van der Waals surface area contributed by atoms with E-state index in [1.165, 1.54) is 6.39 Å². The van der Waals surface area contributed by atoms with Gasteiger partial charge in [-0.2, -0.15) is 10.4 Å². The minimum absolute atomic E-state index is 0.172. The molecular formula is C14H14N4O2. The summed E-state index contributed by atoms with van der Waals surface area (Å²) in [5, 5.41) is 12.7. The van der Waals surface area contributed by atoms with Gasteiger partial charge in [-0.25, -0.2) is 10.4 Å². The molecular weight excluding hydrogens is 256 g/mol. The molecule has 0 saturated heterocycles. The Bertz CT molecular complexity index is 611. The first-order valence-corrected chi connectivity index (χ1v) is 6.19. The average molecular weight is 270 g/mol. The number of nitrogens with zero attached hydrogens (tertiary/aromatic N) is 3. The van der Waals surface area contributed by atoms with Crippen LogP contribution in [-0.4, -0.2) is 17.8 Å². The second-order valence-electron chi connectivity index (χ2n) is 3.93. The molecule has 0 bridgehead atoms. The first kappa shape index (κ1) is 13.6. The lowest BCUT2D eigenvalue weighted by atomic mass is 10.2. The molecule has 0 saturated carbocycles.